The van der Waals surface area contributed by atoms with Crippen molar-refractivity contribution < 1.29 is 23.1 Å². The van der Waals surface area contributed by atoms with Crippen LogP contribution in [0.3, 0.4) is 0 Å². The van der Waals surface area contributed by atoms with Gasteiger partial charge in [-0.2, -0.15) is 8.78 Å². The molecule has 1 unspecified atom stereocenters. The molecule has 9 heteroatoms. The molecule has 0 aromatic heterocycles. The fourth-order valence-corrected chi connectivity index (χ4v) is 3.13. The van der Waals surface area contributed by atoms with Crippen molar-refractivity contribution in [2.24, 2.45) is 10.7 Å². The molecule has 0 spiro atoms. The molecule has 0 aliphatic carbocycles. The van der Waals surface area contributed by atoms with Crippen LogP contribution in [0.1, 0.15) is 34.8 Å². The van der Waals surface area contributed by atoms with Crippen molar-refractivity contribution in [3.8, 4) is 5.75 Å². The van der Waals surface area contributed by atoms with Crippen LogP contribution in [-0.2, 0) is 10.3 Å². The second-order valence-electron chi connectivity index (χ2n) is 6.40. The number of ether oxygens (including phenoxy) is 1. The Kier molecular flexibility index (Phi) is 5.76. The number of rotatable bonds is 7. The summed E-state index contributed by atoms with van der Waals surface area (Å²) >= 11 is 0. The highest BCUT2D eigenvalue weighted by Crippen LogP contribution is 2.37. The summed E-state index contributed by atoms with van der Waals surface area (Å²) in [6.07, 6.45) is 0.783. The fraction of sp³-hybridized carbons (Fsp3) is 0.250. The van der Waals surface area contributed by atoms with Crippen LogP contribution in [0.15, 0.2) is 53.5 Å². The molecule has 0 radical (unpaired) electrons. The minimum Gasteiger partial charge on any atom is -0.435 e. The predicted octanol–water partition coefficient (Wildman–Crippen LogP) is 2.12. The molecule has 0 fully saturated rings. The van der Waals surface area contributed by atoms with E-state index in [1.165, 1.54) is 24.3 Å². The molecule has 4 N–H and O–H groups in total. The highest BCUT2D eigenvalue weighted by Gasteiger charge is 2.46. The van der Waals surface area contributed by atoms with Gasteiger partial charge in [0.1, 0.15) is 5.75 Å². The van der Waals surface area contributed by atoms with E-state index in [9.17, 15) is 18.4 Å². The number of aliphatic imine (C=N–C) groups is 1. The standard InChI is InChI=1S/C20H20F2N4O3/c1-2-10-24-16(27)12-4-3-5-14(11-12)20(17(28)25-19(23)26-20)13-6-8-15(9-7-13)29-18(21)22/h3-9,11,18H,2,10H2,1H3,(H,24,27)(H3,23,25,26,28). The van der Waals surface area contributed by atoms with Gasteiger partial charge in [0.2, 0.25) is 0 Å². The SMILES string of the molecule is CCCNC(=O)c1cccc(C2(c3ccc(OC(F)F)cc3)N=C(N)NC2=O)c1. The van der Waals surface area contributed by atoms with Gasteiger partial charge in [-0.1, -0.05) is 31.2 Å². The largest absolute Gasteiger partial charge is 0.435 e. The number of carbonyl (C=O) groups excluding carboxylic acids is 2. The van der Waals surface area contributed by atoms with E-state index in [0.29, 0.717) is 23.2 Å². The summed E-state index contributed by atoms with van der Waals surface area (Å²) < 4.78 is 29.2. The molecule has 29 heavy (non-hydrogen) atoms. The summed E-state index contributed by atoms with van der Waals surface area (Å²) in [7, 11) is 0. The first-order valence-electron chi connectivity index (χ1n) is 8.97. The number of benzene rings is 2. The van der Waals surface area contributed by atoms with Crippen molar-refractivity contribution in [1.29, 1.82) is 0 Å². The molecule has 0 bridgehead atoms. The molecule has 1 heterocycles. The summed E-state index contributed by atoms with van der Waals surface area (Å²) in [6, 6.07) is 12.0. The second-order valence-corrected chi connectivity index (χ2v) is 6.40. The molecule has 0 saturated carbocycles. The lowest BCUT2D eigenvalue weighted by Crippen LogP contribution is -2.40. The van der Waals surface area contributed by atoms with Crippen molar-refractivity contribution in [1.82, 2.24) is 10.6 Å². The van der Waals surface area contributed by atoms with Crippen LogP contribution in [-0.4, -0.2) is 30.9 Å². The number of nitrogens with two attached hydrogens (primary N) is 1. The Morgan fingerprint density at radius 3 is 2.55 bits per heavy atom. The quantitative estimate of drug-likeness (QED) is 0.660. The molecule has 1 atom stereocenters. The third-order valence-corrected chi connectivity index (χ3v) is 4.43. The monoisotopic (exact) mass is 402 g/mol. The van der Waals surface area contributed by atoms with Crippen molar-refractivity contribution in [3.63, 3.8) is 0 Å². The van der Waals surface area contributed by atoms with Gasteiger partial charge < -0.3 is 15.8 Å². The van der Waals surface area contributed by atoms with Gasteiger partial charge in [0.25, 0.3) is 11.8 Å². The van der Waals surface area contributed by atoms with Gasteiger partial charge in [-0.05, 0) is 41.8 Å². The summed E-state index contributed by atoms with van der Waals surface area (Å²) in [5, 5.41) is 5.25. The number of hydrogen-bond donors (Lipinski definition) is 3. The highest BCUT2D eigenvalue weighted by molar-refractivity contribution is 6.09. The first-order chi connectivity index (χ1) is 13.9. The van der Waals surface area contributed by atoms with E-state index in [0.717, 1.165) is 6.42 Å². The average Bonchev–Trinajstić information content (AvgIpc) is 3.01. The van der Waals surface area contributed by atoms with E-state index >= 15 is 0 Å². The van der Waals surface area contributed by atoms with E-state index in [2.05, 4.69) is 20.4 Å². The predicted molar refractivity (Wildman–Crippen MR) is 103 cm³/mol. The molecule has 3 rings (SSSR count). The van der Waals surface area contributed by atoms with Crippen LogP contribution in [0.4, 0.5) is 8.78 Å². The first-order valence-corrected chi connectivity index (χ1v) is 8.97. The van der Waals surface area contributed by atoms with Crippen LogP contribution in [0.5, 0.6) is 5.75 Å². The van der Waals surface area contributed by atoms with Gasteiger partial charge in [0, 0.05) is 12.1 Å². The Morgan fingerprint density at radius 2 is 1.97 bits per heavy atom. The molecule has 152 valence electrons. The van der Waals surface area contributed by atoms with Gasteiger partial charge in [-0.15, -0.1) is 0 Å². The molecule has 2 aromatic carbocycles. The van der Waals surface area contributed by atoms with Gasteiger partial charge >= 0.3 is 6.61 Å². The van der Waals surface area contributed by atoms with Crippen molar-refractivity contribution in [2.75, 3.05) is 6.54 Å². The number of halogens is 2. The maximum atomic E-state index is 12.9. The Balaban J connectivity index is 2.05. The summed E-state index contributed by atoms with van der Waals surface area (Å²) in [4.78, 5) is 29.5. The van der Waals surface area contributed by atoms with Crippen LogP contribution < -0.4 is 21.1 Å². The molecule has 1 aliphatic heterocycles. The number of nitrogens with one attached hydrogen (secondary N) is 2. The Hall–Kier alpha value is -3.49. The normalized spacial score (nSPS) is 18.3. The van der Waals surface area contributed by atoms with Crippen LogP contribution in [0.2, 0.25) is 0 Å². The molecular formula is C20H20F2N4O3. The zero-order valence-corrected chi connectivity index (χ0v) is 15.6. The maximum Gasteiger partial charge on any atom is 0.387 e. The molecular weight excluding hydrogens is 382 g/mol. The van der Waals surface area contributed by atoms with E-state index in [1.807, 2.05) is 6.92 Å². The van der Waals surface area contributed by atoms with Gasteiger partial charge in [-0.25, -0.2) is 4.99 Å². The Labute approximate surface area is 166 Å². The number of nitrogens with zero attached hydrogens (tertiary/aromatic N) is 1. The van der Waals surface area contributed by atoms with Gasteiger partial charge in [-0.3, -0.25) is 14.9 Å². The molecule has 7 nitrogen and oxygen atoms in total. The first kappa shape index (κ1) is 20.2. The number of amides is 2. The zero-order valence-electron chi connectivity index (χ0n) is 15.6. The average molecular weight is 402 g/mol. The highest BCUT2D eigenvalue weighted by atomic mass is 19.3. The number of hydrogen-bond acceptors (Lipinski definition) is 5. The number of guanidine groups is 1. The third-order valence-electron chi connectivity index (χ3n) is 4.43. The number of carbonyl (C=O) groups is 2. The Bertz CT molecular complexity index is 947. The van der Waals surface area contributed by atoms with E-state index < -0.39 is 18.1 Å². The summed E-state index contributed by atoms with van der Waals surface area (Å²) in [5.74, 6) is -0.922. The maximum absolute atomic E-state index is 12.9. The molecule has 0 saturated heterocycles. The Morgan fingerprint density at radius 1 is 1.24 bits per heavy atom. The van der Waals surface area contributed by atoms with Crippen molar-refractivity contribution in [2.45, 2.75) is 25.5 Å². The van der Waals surface area contributed by atoms with Gasteiger partial charge in [0.15, 0.2) is 11.5 Å². The summed E-state index contributed by atoms with van der Waals surface area (Å²) in [5.41, 5.74) is 5.38. The lowest BCUT2D eigenvalue weighted by atomic mass is 9.82. The van der Waals surface area contributed by atoms with Gasteiger partial charge in [0.05, 0.1) is 0 Å². The summed E-state index contributed by atoms with van der Waals surface area (Å²) in [6.45, 7) is -0.504. The topological polar surface area (TPSA) is 106 Å². The van der Waals surface area contributed by atoms with E-state index in [4.69, 9.17) is 5.73 Å². The third kappa shape index (κ3) is 4.03. The smallest absolute Gasteiger partial charge is 0.387 e. The minimum atomic E-state index is -2.96. The van der Waals surface area contributed by atoms with E-state index in [1.54, 1.807) is 24.3 Å². The molecule has 1 aliphatic rings. The van der Waals surface area contributed by atoms with Crippen LogP contribution >= 0.6 is 0 Å². The minimum absolute atomic E-state index is 0.0537. The zero-order chi connectivity index (χ0) is 21.0. The van der Waals surface area contributed by atoms with Crippen LogP contribution in [0.25, 0.3) is 0 Å². The van der Waals surface area contributed by atoms with Crippen molar-refractivity contribution in [3.05, 3.63) is 65.2 Å². The van der Waals surface area contributed by atoms with Crippen molar-refractivity contribution >= 4 is 17.8 Å². The van der Waals surface area contributed by atoms with E-state index in [-0.39, 0.29) is 17.6 Å². The molecule has 2 amide bonds. The fourth-order valence-electron chi connectivity index (χ4n) is 3.13. The molecule has 2 aromatic rings. The lowest BCUT2D eigenvalue weighted by Gasteiger charge is -2.25. The second kappa shape index (κ2) is 8.26. The number of alkyl halides is 2. The van der Waals surface area contributed by atoms with Crippen LogP contribution in [0, 0.1) is 0 Å². The lowest BCUT2D eigenvalue weighted by molar-refractivity contribution is -0.122.